The molecular weight excluding hydrogens is 248 g/mol. The van der Waals surface area contributed by atoms with E-state index in [0.717, 1.165) is 23.5 Å². The van der Waals surface area contributed by atoms with Gasteiger partial charge in [0.1, 0.15) is 5.69 Å². The molecule has 1 aromatic heterocycles. The van der Waals surface area contributed by atoms with Crippen molar-refractivity contribution in [2.45, 2.75) is 13.5 Å². The van der Waals surface area contributed by atoms with Gasteiger partial charge in [0.05, 0.1) is 12.2 Å². The lowest BCUT2D eigenvalue weighted by atomic mass is 10.2. The number of aromatic nitrogens is 1. The van der Waals surface area contributed by atoms with E-state index in [1.54, 1.807) is 7.05 Å². The van der Waals surface area contributed by atoms with Gasteiger partial charge in [-0.2, -0.15) is 0 Å². The highest BCUT2D eigenvalue weighted by molar-refractivity contribution is 5.55. The molecule has 5 heteroatoms. The van der Waals surface area contributed by atoms with Crippen molar-refractivity contribution in [3.05, 3.63) is 53.4 Å². The Morgan fingerprint density at radius 2 is 1.84 bits per heavy atom. The third kappa shape index (κ3) is 2.99. The number of hydrogen-bond donors (Lipinski definition) is 1. The molecule has 1 aromatic carbocycles. The van der Waals surface area contributed by atoms with Crippen molar-refractivity contribution in [1.82, 2.24) is 4.98 Å². The molecule has 0 amide bonds. The molecular formula is C14H15F2N3. The van der Waals surface area contributed by atoms with Gasteiger partial charge >= 0.3 is 0 Å². The minimum absolute atomic E-state index is 0.0702. The zero-order valence-corrected chi connectivity index (χ0v) is 10.8. The van der Waals surface area contributed by atoms with Gasteiger partial charge in [-0.05, 0) is 31.2 Å². The van der Waals surface area contributed by atoms with Crippen LogP contribution < -0.4 is 10.6 Å². The number of nitrogen functional groups attached to an aromatic ring is 1. The van der Waals surface area contributed by atoms with E-state index < -0.39 is 11.6 Å². The van der Waals surface area contributed by atoms with Gasteiger partial charge < -0.3 is 10.6 Å². The number of nitrogens with two attached hydrogens (primary N) is 1. The normalized spacial score (nSPS) is 10.5. The standard InChI is InChI=1S/C14H15F2N3/c1-9-4-3-5-11(18-9)8-19(2)14-12(15)6-10(17)7-13(14)16/h3-7H,8,17H2,1-2H3. The number of benzene rings is 1. The fraction of sp³-hybridized carbons (Fsp3) is 0.214. The lowest BCUT2D eigenvalue weighted by Crippen LogP contribution is -2.20. The number of nitrogens with zero attached hydrogens (tertiary/aromatic N) is 2. The molecule has 0 saturated heterocycles. The average molecular weight is 263 g/mol. The molecule has 2 rings (SSSR count). The quantitative estimate of drug-likeness (QED) is 0.866. The highest BCUT2D eigenvalue weighted by Gasteiger charge is 2.15. The van der Waals surface area contributed by atoms with Crippen molar-refractivity contribution >= 4 is 11.4 Å². The summed E-state index contributed by atoms with van der Waals surface area (Å²) >= 11 is 0. The summed E-state index contributed by atoms with van der Waals surface area (Å²) in [4.78, 5) is 5.78. The van der Waals surface area contributed by atoms with Crippen molar-refractivity contribution < 1.29 is 8.78 Å². The molecule has 3 nitrogen and oxygen atoms in total. The molecule has 0 aliphatic rings. The van der Waals surface area contributed by atoms with Crippen molar-refractivity contribution in [1.29, 1.82) is 0 Å². The molecule has 19 heavy (non-hydrogen) atoms. The Balaban J connectivity index is 2.28. The molecule has 2 N–H and O–H groups in total. The molecule has 100 valence electrons. The molecule has 2 aromatic rings. The van der Waals surface area contributed by atoms with Crippen LogP contribution in [0.5, 0.6) is 0 Å². The first-order chi connectivity index (χ1) is 8.97. The number of hydrogen-bond acceptors (Lipinski definition) is 3. The molecule has 0 saturated carbocycles. The lowest BCUT2D eigenvalue weighted by Gasteiger charge is -2.20. The Morgan fingerprint density at radius 3 is 2.42 bits per heavy atom. The van der Waals surface area contributed by atoms with Crippen LogP contribution in [0.3, 0.4) is 0 Å². The fourth-order valence-electron chi connectivity index (χ4n) is 1.96. The maximum atomic E-state index is 13.8. The molecule has 0 spiro atoms. The van der Waals surface area contributed by atoms with Crippen LogP contribution >= 0.6 is 0 Å². The molecule has 0 radical (unpaired) electrons. The summed E-state index contributed by atoms with van der Waals surface area (Å²) in [7, 11) is 1.61. The Kier molecular flexibility index (Phi) is 3.64. The average Bonchev–Trinajstić information content (AvgIpc) is 2.27. The van der Waals surface area contributed by atoms with Gasteiger partial charge in [-0.25, -0.2) is 8.78 Å². The summed E-state index contributed by atoms with van der Waals surface area (Å²) in [6.45, 7) is 2.19. The summed E-state index contributed by atoms with van der Waals surface area (Å²) < 4.78 is 27.5. The van der Waals surface area contributed by atoms with Crippen LogP contribution in [0, 0.1) is 18.6 Å². The highest BCUT2D eigenvalue weighted by Crippen LogP contribution is 2.26. The predicted molar refractivity (Wildman–Crippen MR) is 71.9 cm³/mol. The van der Waals surface area contributed by atoms with E-state index in [4.69, 9.17) is 5.73 Å². The minimum Gasteiger partial charge on any atom is -0.399 e. The molecule has 0 unspecified atom stereocenters. The fourth-order valence-corrected chi connectivity index (χ4v) is 1.96. The molecule has 0 bridgehead atoms. The van der Waals surface area contributed by atoms with E-state index in [2.05, 4.69) is 4.98 Å². The van der Waals surface area contributed by atoms with Gasteiger partial charge in [0.25, 0.3) is 0 Å². The summed E-state index contributed by atoms with van der Waals surface area (Å²) in [5.41, 5.74) is 6.97. The van der Waals surface area contributed by atoms with Crippen LogP contribution in [-0.2, 0) is 6.54 Å². The third-order valence-electron chi connectivity index (χ3n) is 2.77. The second-order valence-corrected chi connectivity index (χ2v) is 4.46. The second-order valence-electron chi connectivity index (χ2n) is 4.46. The van der Waals surface area contributed by atoms with Gasteiger partial charge in [0.15, 0.2) is 11.6 Å². The Hall–Kier alpha value is -2.17. The van der Waals surface area contributed by atoms with Crippen LogP contribution in [0.15, 0.2) is 30.3 Å². The smallest absolute Gasteiger partial charge is 0.151 e. The largest absolute Gasteiger partial charge is 0.399 e. The topological polar surface area (TPSA) is 42.1 Å². The number of aryl methyl sites for hydroxylation is 1. The van der Waals surface area contributed by atoms with Gasteiger partial charge in [-0.1, -0.05) is 6.07 Å². The molecule has 0 aliphatic carbocycles. The number of rotatable bonds is 3. The maximum absolute atomic E-state index is 13.8. The van der Waals surface area contributed by atoms with Gasteiger partial charge in [0, 0.05) is 18.4 Å². The summed E-state index contributed by atoms with van der Waals surface area (Å²) in [5, 5.41) is 0. The van der Waals surface area contributed by atoms with Crippen molar-refractivity contribution in [3.63, 3.8) is 0 Å². The van der Waals surface area contributed by atoms with Crippen LogP contribution in [0.2, 0.25) is 0 Å². The summed E-state index contributed by atoms with van der Waals surface area (Å²) in [6.07, 6.45) is 0. The lowest BCUT2D eigenvalue weighted by molar-refractivity contribution is 0.577. The van der Waals surface area contributed by atoms with Crippen molar-refractivity contribution in [2.75, 3.05) is 17.7 Å². The Bertz CT molecular complexity index is 576. The minimum atomic E-state index is -0.673. The third-order valence-corrected chi connectivity index (χ3v) is 2.77. The molecule has 0 fully saturated rings. The van der Waals surface area contributed by atoms with Crippen molar-refractivity contribution in [2.24, 2.45) is 0 Å². The Morgan fingerprint density at radius 1 is 1.21 bits per heavy atom. The number of halogens is 2. The van der Waals surface area contributed by atoms with Gasteiger partial charge in [-0.15, -0.1) is 0 Å². The monoisotopic (exact) mass is 263 g/mol. The van der Waals surface area contributed by atoms with E-state index in [1.165, 1.54) is 4.90 Å². The van der Waals surface area contributed by atoms with Crippen molar-refractivity contribution in [3.8, 4) is 0 Å². The summed E-state index contributed by atoms with van der Waals surface area (Å²) in [5.74, 6) is -1.35. The van der Waals surface area contributed by atoms with E-state index >= 15 is 0 Å². The number of anilines is 2. The zero-order chi connectivity index (χ0) is 14.0. The maximum Gasteiger partial charge on any atom is 0.151 e. The van der Waals surface area contributed by atoms with Crippen LogP contribution in [0.25, 0.3) is 0 Å². The predicted octanol–water partition coefficient (Wildman–Crippen LogP) is 2.89. The van der Waals surface area contributed by atoms with Crippen LogP contribution in [0.4, 0.5) is 20.2 Å². The number of pyridine rings is 1. The Labute approximate surface area is 110 Å². The summed E-state index contributed by atoms with van der Waals surface area (Å²) in [6, 6.07) is 7.77. The first kappa shape index (κ1) is 13.3. The first-order valence-corrected chi connectivity index (χ1v) is 5.85. The van der Waals surface area contributed by atoms with Crippen LogP contribution in [0.1, 0.15) is 11.4 Å². The second kappa shape index (κ2) is 5.22. The van der Waals surface area contributed by atoms with Gasteiger partial charge in [0.2, 0.25) is 0 Å². The molecule has 0 atom stereocenters. The van der Waals surface area contributed by atoms with E-state index in [1.807, 2.05) is 25.1 Å². The first-order valence-electron chi connectivity index (χ1n) is 5.85. The van der Waals surface area contributed by atoms with Crippen LogP contribution in [-0.4, -0.2) is 12.0 Å². The van der Waals surface area contributed by atoms with Gasteiger partial charge in [-0.3, -0.25) is 4.98 Å². The van der Waals surface area contributed by atoms with E-state index in [0.29, 0.717) is 6.54 Å². The highest BCUT2D eigenvalue weighted by atomic mass is 19.1. The SMILES string of the molecule is Cc1cccc(CN(C)c2c(F)cc(N)cc2F)n1. The van der Waals surface area contributed by atoms with E-state index in [9.17, 15) is 8.78 Å². The molecule has 0 aliphatic heterocycles. The zero-order valence-electron chi connectivity index (χ0n) is 10.8. The van der Waals surface area contributed by atoms with E-state index in [-0.39, 0.29) is 11.4 Å². The molecule has 1 heterocycles.